The number of thiophene rings is 1. The maximum absolute atomic E-state index is 2.43. The van der Waals surface area contributed by atoms with Crippen molar-refractivity contribution in [3.05, 3.63) is 52.2 Å². The molecule has 0 spiro atoms. The summed E-state index contributed by atoms with van der Waals surface area (Å²) in [6, 6.07) is 10.8. The van der Waals surface area contributed by atoms with Gasteiger partial charge in [0.05, 0.1) is 8.07 Å². The summed E-state index contributed by atoms with van der Waals surface area (Å²) in [6.45, 7) is 7.29. The smallest absolute Gasteiger partial charge is 0.0790 e. The maximum atomic E-state index is 2.43. The van der Waals surface area contributed by atoms with E-state index < -0.39 is 8.07 Å². The zero-order valence-electron chi connectivity index (χ0n) is 10.9. The Morgan fingerprint density at radius 2 is 1.65 bits per heavy atom. The molecule has 0 nitrogen and oxygen atoms in total. The Morgan fingerprint density at radius 3 is 2.29 bits per heavy atom. The summed E-state index contributed by atoms with van der Waals surface area (Å²) in [6.07, 6.45) is 2.35. The number of hydrogen-bond acceptors (Lipinski definition) is 1. The Bertz CT molecular complexity index is 465. The summed E-state index contributed by atoms with van der Waals surface area (Å²) in [5.41, 5.74) is 3.03. The van der Waals surface area contributed by atoms with E-state index in [9.17, 15) is 0 Å². The summed E-state index contributed by atoms with van der Waals surface area (Å²) >= 11 is 1.86. The van der Waals surface area contributed by atoms with Crippen LogP contribution in [0.25, 0.3) is 0 Å². The van der Waals surface area contributed by atoms with Crippen LogP contribution in [0.15, 0.2) is 41.1 Å². The molecule has 0 aliphatic heterocycles. The van der Waals surface area contributed by atoms with Crippen LogP contribution in [0.1, 0.15) is 11.1 Å². The number of benzene rings is 1. The van der Waals surface area contributed by atoms with E-state index in [-0.39, 0.29) is 0 Å². The highest BCUT2D eigenvalue weighted by molar-refractivity contribution is 7.10. The van der Waals surface area contributed by atoms with E-state index in [4.69, 9.17) is 0 Å². The van der Waals surface area contributed by atoms with Crippen molar-refractivity contribution in [2.24, 2.45) is 0 Å². The second-order valence-corrected chi connectivity index (χ2v) is 11.3. The molecule has 1 heterocycles. The SMILES string of the molecule is C[Si](C)(C)c1cscc1CCc1ccccc1. The van der Waals surface area contributed by atoms with Crippen molar-refractivity contribution in [2.75, 3.05) is 0 Å². The van der Waals surface area contributed by atoms with Gasteiger partial charge in [0, 0.05) is 0 Å². The molecular formula is C15H20SSi. The Hall–Kier alpha value is -0.863. The van der Waals surface area contributed by atoms with Gasteiger partial charge in [-0.25, -0.2) is 0 Å². The van der Waals surface area contributed by atoms with Crippen LogP contribution in [0.3, 0.4) is 0 Å². The first kappa shape index (κ1) is 12.6. The van der Waals surface area contributed by atoms with Crippen LogP contribution in [0.5, 0.6) is 0 Å². The highest BCUT2D eigenvalue weighted by Crippen LogP contribution is 2.14. The molecule has 0 bridgehead atoms. The highest BCUT2D eigenvalue weighted by atomic mass is 32.1. The van der Waals surface area contributed by atoms with Gasteiger partial charge in [-0.1, -0.05) is 50.0 Å². The van der Waals surface area contributed by atoms with Gasteiger partial charge in [-0.05, 0) is 39.9 Å². The molecule has 1 aromatic carbocycles. The number of aryl methyl sites for hydroxylation is 2. The van der Waals surface area contributed by atoms with Gasteiger partial charge >= 0.3 is 0 Å². The average Bonchev–Trinajstić information content (AvgIpc) is 2.75. The van der Waals surface area contributed by atoms with Crippen LogP contribution in [0.4, 0.5) is 0 Å². The molecule has 0 aliphatic carbocycles. The Balaban J connectivity index is 2.08. The monoisotopic (exact) mass is 260 g/mol. The van der Waals surface area contributed by atoms with Gasteiger partial charge in [-0.3, -0.25) is 0 Å². The predicted octanol–water partition coefficient (Wildman–Crippen LogP) is 4.08. The van der Waals surface area contributed by atoms with Crippen molar-refractivity contribution in [3.8, 4) is 0 Å². The van der Waals surface area contributed by atoms with Crippen LogP contribution in [0, 0.1) is 0 Å². The lowest BCUT2D eigenvalue weighted by Crippen LogP contribution is -2.38. The third-order valence-corrected chi connectivity index (χ3v) is 6.16. The molecule has 0 unspecified atom stereocenters. The lowest BCUT2D eigenvalue weighted by molar-refractivity contribution is 0.970. The lowest BCUT2D eigenvalue weighted by atomic mass is 10.1. The molecule has 0 atom stereocenters. The van der Waals surface area contributed by atoms with Crippen molar-refractivity contribution in [3.63, 3.8) is 0 Å². The fourth-order valence-corrected chi connectivity index (χ4v) is 5.75. The van der Waals surface area contributed by atoms with Gasteiger partial charge in [-0.15, -0.1) is 0 Å². The van der Waals surface area contributed by atoms with Gasteiger partial charge in [0.1, 0.15) is 0 Å². The third-order valence-electron chi connectivity index (χ3n) is 3.08. The topological polar surface area (TPSA) is 0 Å². The van der Waals surface area contributed by atoms with Gasteiger partial charge in [-0.2, -0.15) is 11.3 Å². The molecule has 0 fully saturated rings. The molecule has 90 valence electrons. The summed E-state index contributed by atoms with van der Waals surface area (Å²) in [7, 11) is -1.15. The number of hydrogen-bond donors (Lipinski definition) is 0. The van der Waals surface area contributed by atoms with Crippen LogP contribution in [0.2, 0.25) is 19.6 Å². The molecule has 0 saturated carbocycles. The lowest BCUT2D eigenvalue weighted by Gasteiger charge is -2.17. The largest absolute Gasteiger partial charge is 0.152 e. The Morgan fingerprint density at radius 1 is 0.941 bits per heavy atom. The quantitative estimate of drug-likeness (QED) is 0.727. The Labute approximate surface area is 109 Å². The molecule has 1 aromatic heterocycles. The predicted molar refractivity (Wildman–Crippen MR) is 81.1 cm³/mol. The van der Waals surface area contributed by atoms with Crippen LogP contribution in [-0.4, -0.2) is 8.07 Å². The minimum absolute atomic E-state index is 1.15. The first-order valence-electron chi connectivity index (χ1n) is 6.17. The molecule has 0 radical (unpaired) electrons. The van der Waals surface area contributed by atoms with Gasteiger partial charge in [0.25, 0.3) is 0 Å². The highest BCUT2D eigenvalue weighted by Gasteiger charge is 2.20. The maximum Gasteiger partial charge on any atom is 0.0790 e. The van der Waals surface area contributed by atoms with E-state index in [0.29, 0.717) is 0 Å². The summed E-state index contributed by atoms with van der Waals surface area (Å²) < 4.78 is 0. The van der Waals surface area contributed by atoms with E-state index in [1.165, 1.54) is 12.0 Å². The first-order valence-corrected chi connectivity index (χ1v) is 10.6. The van der Waals surface area contributed by atoms with Gasteiger partial charge in [0.2, 0.25) is 0 Å². The number of rotatable bonds is 4. The van der Waals surface area contributed by atoms with Crippen molar-refractivity contribution >= 4 is 24.6 Å². The van der Waals surface area contributed by atoms with Gasteiger partial charge in [0.15, 0.2) is 0 Å². The fraction of sp³-hybridized carbons (Fsp3) is 0.333. The van der Waals surface area contributed by atoms with E-state index >= 15 is 0 Å². The first-order chi connectivity index (χ1) is 8.07. The van der Waals surface area contributed by atoms with E-state index in [0.717, 1.165) is 6.42 Å². The second kappa shape index (κ2) is 5.19. The van der Waals surface area contributed by atoms with Crippen molar-refractivity contribution in [1.82, 2.24) is 0 Å². The molecule has 17 heavy (non-hydrogen) atoms. The second-order valence-electron chi connectivity index (χ2n) is 5.55. The Kier molecular flexibility index (Phi) is 3.85. The van der Waals surface area contributed by atoms with Crippen LogP contribution in [-0.2, 0) is 12.8 Å². The van der Waals surface area contributed by atoms with Crippen LogP contribution >= 0.6 is 11.3 Å². The normalized spacial score (nSPS) is 11.7. The molecular weight excluding hydrogens is 240 g/mol. The molecule has 0 N–H and O–H groups in total. The van der Waals surface area contributed by atoms with Crippen molar-refractivity contribution in [1.29, 1.82) is 0 Å². The summed E-state index contributed by atoms with van der Waals surface area (Å²) in [4.78, 5) is 0. The van der Waals surface area contributed by atoms with E-state index in [2.05, 4.69) is 60.7 Å². The molecule has 0 saturated heterocycles. The minimum Gasteiger partial charge on any atom is -0.152 e. The third kappa shape index (κ3) is 3.30. The van der Waals surface area contributed by atoms with Crippen molar-refractivity contribution in [2.45, 2.75) is 32.5 Å². The molecule has 2 aromatic rings. The summed E-state index contributed by atoms with van der Waals surface area (Å²) in [5, 5.41) is 6.36. The summed E-state index contributed by atoms with van der Waals surface area (Å²) in [5.74, 6) is 0. The van der Waals surface area contributed by atoms with Crippen molar-refractivity contribution < 1.29 is 0 Å². The fourth-order valence-electron chi connectivity index (χ4n) is 2.10. The molecule has 0 aliphatic rings. The van der Waals surface area contributed by atoms with Gasteiger partial charge < -0.3 is 0 Å². The molecule has 2 heteroatoms. The molecule has 2 rings (SSSR count). The molecule has 0 amide bonds. The zero-order valence-corrected chi connectivity index (χ0v) is 12.7. The van der Waals surface area contributed by atoms with E-state index in [1.807, 2.05) is 11.3 Å². The van der Waals surface area contributed by atoms with E-state index in [1.54, 1.807) is 10.8 Å². The minimum atomic E-state index is -1.15. The standard InChI is InChI=1S/C15H20SSi/c1-17(2,3)15-12-16-11-14(15)10-9-13-7-5-4-6-8-13/h4-8,11-12H,9-10H2,1-3H3. The van der Waals surface area contributed by atoms with Crippen LogP contribution < -0.4 is 5.19 Å². The zero-order chi connectivity index (χ0) is 12.3. The average molecular weight is 260 g/mol.